The molecule has 1 aromatic heterocycles. The summed E-state index contributed by atoms with van der Waals surface area (Å²) < 4.78 is 0. The lowest BCUT2D eigenvalue weighted by atomic mass is 10.1. The number of carbonyl (C=O) groups excluding carboxylic acids is 1. The maximum Gasteiger partial charge on any atom is 0.229 e. The Kier molecular flexibility index (Phi) is 4.21. The first-order chi connectivity index (χ1) is 9.60. The highest BCUT2D eigenvalue weighted by Crippen LogP contribution is 2.13. The second-order valence-corrected chi connectivity index (χ2v) is 4.43. The third-order valence-electron chi connectivity index (χ3n) is 2.57. The molecule has 0 unspecified atom stereocenters. The smallest absolute Gasteiger partial charge is 0.229 e. The quantitative estimate of drug-likeness (QED) is 0.294. The molecule has 1 amide bonds. The molecule has 0 bridgehead atoms. The molecule has 0 fully saturated rings. The van der Waals surface area contributed by atoms with E-state index in [1.807, 2.05) is 0 Å². The lowest BCUT2D eigenvalue weighted by Crippen LogP contribution is -2.19. The maximum absolute atomic E-state index is 11.9. The minimum absolute atomic E-state index is 0.138. The molecule has 104 valence electrons. The van der Waals surface area contributed by atoms with Crippen molar-refractivity contribution >= 4 is 29.2 Å². The zero-order valence-electron chi connectivity index (χ0n) is 10.3. The van der Waals surface area contributed by atoms with Crippen LogP contribution in [0.15, 0.2) is 35.6 Å². The third-order valence-corrected chi connectivity index (χ3v) is 2.82. The summed E-state index contributed by atoms with van der Waals surface area (Å²) in [6.45, 7) is 0. The van der Waals surface area contributed by atoms with E-state index in [0.717, 1.165) is 5.56 Å². The highest BCUT2D eigenvalue weighted by molar-refractivity contribution is 6.30. The fraction of sp³-hybridized carbons (Fsp3) is 0.0833. The second-order valence-electron chi connectivity index (χ2n) is 4.00. The van der Waals surface area contributed by atoms with Gasteiger partial charge in [0.15, 0.2) is 5.84 Å². The van der Waals surface area contributed by atoms with Crippen LogP contribution < -0.4 is 11.1 Å². The van der Waals surface area contributed by atoms with Crippen LogP contribution in [-0.4, -0.2) is 27.1 Å². The average molecular weight is 294 g/mol. The summed E-state index contributed by atoms with van der Waals surface area (Å²) in [7, 11) is 0. The van der Waals surface area contributed by atoms with Crippen molar-refractivity contribution in [2.75, 3.05) is 5.32 Å². The highest BCUT2D eigenvalue weighted by Gasteiger charge is 2.12. The van der Waals surface area contributed by atoms with Crippen LogP contribution in [0.25, 0.3) is 0 Å². The maximum atomic E-state index is 11.9. The van der Waals surface area contributed by atoms with Gasteiger partial charge < -0.3 is 16.3 Å². The van der Waals surface area contributed by atoms with Crippen molar-refractivity contribution in [3.8, 4) is 0 Å². The summed E-state index contributed by atoms with van der Waals surface area (Å²) in [6.07, 6.45) is 1.53. The number of benzene rings is 1. The number of nitrogens with one attached hydrogen (secondary N) is 2. The summed E-state index contributed by atoms with van der Waals surface area (Å²) in [4.78, 5) is 11.9. The van der Waals surface area contributed by atoms with E-state index < -0.39 is 0 Å². The van der Waals surface area contributed by atoms with E-state index in [4.69, 9.17) is 22.5 Å². The van der Waals surface area contributed by atoms with E-state index in [1.165, 1.54) is 6.20 Å². The minimum atomic E-state index is -0.261. The first-order valence-electron chi connectivity index (χ1n) is 5.65. The van der Waals surface area contributed by atoms with Crippen LogP contribution in [0.2, 0.25) is 5.02 Å². The number of rotatable bonds is 4. The van der Waals surface area contributed by atoms with E-state index in [2.05, 4.69) is 20.7 Å². The molecule has 0 saturated carbocycles. The summed E-state index contributed by atoms with van der Waals surface area (Å²) in [5.41, 5.74) is 6.59. The van der Waals surface area contributed by atoms with Crippen molar-refractivity contribution in [2.45, 2.75) is 6.42 Å². The van der Waals surface area contributed by atoms with Gasteiger partial charge in [0.25, 0.3) is 0 Å². The van der Waals surface area contributed by atoms with Gasteiger partial charge in [0.05, 0.1) is 18.2 Å². The van der Waals surface area contributed by atoms with Crippen LogP contribution in [0.1, 0.15) is 11.1 Å². The highest BCUT2D eigenvalue weighted by atomic mass is 35.5. The zero-order valence-corrected chi connectivity index (χ0v) is 11.1. The Bertz CT molecular complexity index is 636. The third kappa shape index (κ3) is 3.27. The summed E-state index contributed by atoms with van der Waals surface area (Å²) in [6, 6.07) is 6.95. The monoisotopic (exact) mass is 293 g/mol. The molecule has 0 aliphatic heterocycles. The Morgan fingerprint density at radius 3 is 2.80 bits per heavy atom. The Labute approximate surface area is 119 Å². The number of aromatic nitrogens is 2. The lowest BCUT2D eigenvalue weighted by Gasteiger charge is -2.05. The van der Waals surface area contributed by atoms with Gasteiger partial charge in [-0.05, 0) is 17.7 Å². The number of nitrogens with two attached hydrogens (primary N) is 1. The molecule has 20 heavy (non-hydrogen) atoms. The van der Waals surface area contributed by atoms with Crippen LogP contribution in [0, 0.1) is 0 Å². The van der Waals surface area contributed by atoms with Gasteiger partial charge in [0, 0.05) is 5.02 Å². The van der Waals surface area contributed by atoms with Crippen molar-refractivity contribution < 1.29 is 10.0 Å². The van der Waals surface area contributed by atoms with E-state index in [-0.39, 0.29) is 24.0 Å². The number of H-pyrrole nitrogens is 1. The molecule has 0 aliphatic rings. The Morgan fingerprint density at radius 2 is 2.15 bits per heavy atom. The Morgan fingerprint density at radius 1 is 1.45 bits per heavy atom. The molecular weight excluding hydrogens is 282 g/mol. The Hall–Kier alpha value is -2.54. The van der Waals surface area contributed by atoms with Crippen LogP contribution in [0.5, 0.6) is 0 Å². The molecule has 1 heterocycles. The number of halogens is 1. The molecule has 0 saturated heterocycles. The summed E-state index contributed by atoms with van der Waals surface area (Å²) >= 11 is 5.77. The number of nitrogens with zero attached hydrogens (tertiary/aromatic N) is 2. The van der Waals surface area contributed by atoms with Crippen LogP contribution >= 0.6 is 11.6 Å². The van der Waals surface area contributed by atoms with Gasteiger partial charge in [-0.2, -0.15) is 5.10 Å². The molecule has 5 N–H and O–H groups in total. The summed E-state index contributed by atoms with van der Waals surface area (Å²) in [5.74, 6) is -0.122. The molecule has 7 nitrogen and oxygen atoms in total. The minimum Gasteiger partial charge on any atom is -0.409 e. The molecule has 8 heteroatoms. The van der Waals surface area contributed by atoms with Crippen molar-refractivity contribution in [3.05, 3.63) is 46.6 Å². The first kappa shape index (κ1) is 13.9. The predicted octanol–water partition coefficient (Wildman–Crippen LogP) is 1.34. The second kappa shape index (κ2) is 6.07. The molecule has 1 aromatic carbocycles. The average Bonchev–Trinajstić information content (AvgIpc) is 2.88. The lowest BCUT2D eigenvalue weighted by molar-refractivity contribution is -0.115. The molecule has 0 atom stereocenters. The van der Waals surface area contributed by atoms with Gasteiger partial charge in [-0.1, -0.05) is 28.9 Å². The molecule has 0 radical (unpaired) electrons. The number of amides is 1. The molecular formula is C12H12ClN5O2. The number of anilines is 1. The van der Waals surface area contributed by atoms with Gasteiger partial charge in [0.1, 0.15) is 5.82 Å². The molecule has 0 spiro atoms. The van der Waals surface area contributed by atoms with E-state index in [1.54, 1.807) is 24.3 Å². The standard InChI is InChI=1S/C12H12ClN5O2/c13-8-3-1-7(2-4-8)5-10(19)16-12-9(6-15-17-12)11(14)18-20/h1-4,6,20H,5H2,(H2,14,18)(H2,15,16,17,19). The van der Waals surface area contributed by atoms with Crippen LogP contribution in [-0.2, 0) is 11.2 Å². The molecule has 2 aromatic rings. The predicted molar refractivity (Wildman–Crippen MR) is 74.9 cm³/mol. The fourth-order valence-electron chi connectivity index (χ4n) is 1.60. The van der Waals surface area contributed by atoms with Gasteiger partial charge in [-0.25, -0.2) is 0 Å². The number of amidine groups is 1. The fourth-order valence-corrected chi connectivity index (χ4v) is 1.73. The topological polar surface area (TPSA) is 116 Å². The van der Waals surface area contributed by atoms with Crippen molar-refractivity contribution in [2.24, 2.45) is 10.9 Å². The van der Waals surface area contributed by atoms with Crippen LogP contribution in [0.4, 0.5) is 5.82 Å². The van der Waals surface area contributed by atoms with E-state index in [9.17, 15) is 4.79 Å². The number of hydrogen-bond acceptors (Lipinski definition) is 4. The number of oxime groups is 1. The van der Waals surface area contributed by atoms with Gasteiger partial charge in [-0.3, -0.25) is 9.89 Å². The molecule has 0 aliphatic carbocycles. The van der Waals surface area contributed by atoms with Crippen molar-refractivity contribution in [3.63, 3.8) is 0 Å². The van der Waals surface area contributed by atoms with Gasteiger partial charge >= 0.3 is 0 Å². The summed E-state index contributed by atoms with van der Waals surface area (Å²) in [5, 5.41) is 21.0. The van der Waals surface area contributed by atoms with Gasteiger partial charge in [-0.15, -0.1) is 0 Å². The van der Waals surface area contributed by atoms with Crippen LogP contribution in [0.3, 0.4) is 0 Å². The normalized spacial score (nSPS) is 11.3. The number of aromatic amines is 1. The van der Waals surface area contributed by atoms with Crippen molar-refractivity contribution in [1.82, 2.24) is 10.2 Å². The largest absolute Gasteiger partial charge is 0.409 e. The first-order valence-corrected chi connectivity index (χ1v) is 6.03. The SMILES string of the molecule is NC(=NO)c1cn[nH]c1NC(=O)Cc1ccc(Cl)cc1. The van der Waals surface area contributed by atoms with Gasteiger partial charge in [0.2, 0.25) is 5.91 Å². The number of carbonyl (C=O) groups is 1. The van der Waals surface area contributed by atoms with Crippen molar-refractivity contribution in [1.29, 1.82) is 0 Å². The number of hydrogen-bond donors (Lipinski definition) is 4. The van der Waals surface area contributed by atoms with E-state index in [0.29, 0.717) is 10.6 Å². The zero-order chi connectivity index (χ0) is 14.5. The van der Waals surface area contributed by atoms with E-state index >= 15 is 0 Å². The Balaban J connectivity index is 2.05. The molecule has 2 rings (SSSR count).